The van der Waals surface area contributed by atoms with Crippen molar-refractivity contribution in [1.29, 1.82) is 0 Å². The summed E-state index contributed by atoms with van der Waals surface area (Å²) in [6, 6.07) is 34.1. The largest absolute Gasteiger partial charge is 0.469 e. The van der Waals surface area contributed by atoms with Crippen LogP contribution in [0.15, 0.2) is 127 Å². The molecular weight excluding hydrogens is 1170 g/mol. The van der Waals surface area contributed by atoms with Crippen molar-refractivity contribution in [3.8, 4) is 33.4 Å². The van der Waals surface area contributed by atoms with Crippen LogP contribution in [-0.2, 0) is 33.5 Å². The normalized spacial score (nSPS) is 21.9. The van der Waals surface area contributed by atoms with E-state index in [9.17, 15) is 55.1 Å². The molecule has 0 radical (unpaired) electrons. The number of benzene rings is 6. The summed E-state index contributed by atoms with van der Waals surface area (Å²) in [6.45, 7) is 1.35. The average molecular weight is 1230 g/mol. The van der Waals surface area contributed by atoms with Gasteiger partial charge in [-0.1, -0.05) is 142 Å². The first-order valence-corrected chi connectivity index (χ1v) is 27.6. The number of nitrogens with one attached hydrogen (secondary N) is 3. The summed E-state index contributed by atoms with van der Waals surface area (Å²) in [7, 11) is 1.19. The summed E-state index contributed by atoms with van der Waals surface area (Å²) in [5.74, 6) is -9.43. The minimum absolute atomic E-state index is 0.0166. The molecule has 6 aromatic rings. The maximum atomic E-state index is 15.0. The molecule has 3 fully saturated rings. The number of alkyl halides is 4. The molecule has 80 heavy (non-hydrogen) atoms. The predicted molar refractivity (Wildman–Crippen MR) is 301 cm³/mol. The fourth-order valence-electron chi connectivity index (χ4n) is 10.3. The quantitative estimate of drug-likeness (QED) is 0.0592. The third-order valence-corrected chi connectivity index (χ3v) is 15.9. The Bertz CT molecular complexity index is 3140. The summed E-state index contributed by atoms with van der Waals surface area (Å²) in [4.78, 5) is 73.2. The van der Waals surface area contributed by atoms with Crippen LogP contribution in [0, 0.1) is 53.0 Å². The van der Waals surface area contributed by atoms with E-state index in [1.807, 2.05) is 0 Å². The van der Waals surface area contributed by atoms with Crippen LogP contribution in [0.5, 0.6) is 0 Å². The van der Waals surface area contributed by atoms with Crippen LogP contribution >= 0.6 is 50.7 Å². The molecule has 3 amide bonds. The van der Waals surface area contributed by atoms with Crippen molar-refractivity contribution in [2.45, 2.75) is 64.0 Å². The van der Waals surface area contributed by atoms with Gasteiger partial charge in [-0.15, -0.1) is 0 Å². The first-order chi connectivity index (χ1) is 38.2. The van der Waals surface area contributed by atoms with E-state index in [0.717, 1.165) is 0 Å². The van der Waals surface area contributed by atoms with Crippen molar-refractivity contribution in [3.05, 3.63) is 160 Å². The first kappa shape index (κ1) is 61.1. The van der Waals surface area contributed by atoms with Gasteiger partial charge in [0.1, 0.15) is 30.1 Å². The van der Waals surface area contributed by atoms with Gasteiger partial charge in [-0.2, -0.15) is 0 Å². The highest BCUT2D eigenvalue weighted by Gasteiger charge is 2.45. The molecule has 420 valence electrons. The van der Waals surface area contributed by atoms with Crippen LogP contribution < -0.4 is 16.0 Å². The number of esters is 1. The van der Waals surface area contributed by atoms with Crippen molar-refractivity contribution in [2.24, 2.45) is 35.5 Å². The van der Waals surface area contributed by atoms with E-state index < -0.39 is 95.2 Å². The lowest BCUT2D eigenvalue weighted by atomic mass is 9.91. The number of hydrogen-bond donors (Lipinski definition) is 3. The number of hydrogen-bond acceptors (Lipinski definition) is 7. The zero-order valence-electron chi connectivity index (χ0n) is 42.9. The molecule has 10 nitrogen and oxygen atoms in total. The standard InChI is InChI=1S/C20H17BrClF2NO2.C20H18ClF2NO3.C20H18ClF2NO2/c21-10-18(26)14-8-11(23)9-15(14)20(27)25-17-7-3-5-13(19(17)24)12-4-1-2-6-16(12)22;1-27-20(26)15-10-11(22)9-14(15)19(25)24-17-8-4-6-13(18(17)23)12-5-2-3-7-16(12)21;1-11(25)15-9-12(22)10-16(15)20(26)24-18-8-4-6-14(19(18)23)13-5-2-3-7-17(13)21/h1-7,11,14-15H,8-10H2,(H,25,27);2-8,11,14-15H,9-10H2,1H3,(H,24,25);2-8,12,15-16H,9-10H2,1H3,(H,24,26)/t11-,14+,15?;11-,14?,15-;12-,15-,16?/m010/s1. The van der Waals surface area contributed by atoms with E-state index in [0.29, 0.717) is 31.8 Å². The number of ether oxygens (including phenoxy) is 1. The topological polar surface area (TPSA) is 148 Å². The highest BCUT2D eigenvalue weighted by Crippen LogP contribution is 2.41. The van der Waals surface area contributed by atoms with Crippen LogP contribution in [0.4, 0.5) is 43.4 Å². The lowest BCUT2D eigenvalue weighted by molar-refractivity contribution is -0.148. The highest BCUT2D eigenvalue weighted by atomic mass is 79.9. The van der Waals surface area contributed by atoms with Crippen molar-refractivity contribution in [2.75, 3.05) is 28.4 Å². The molecule has 3 aliphatic rings. The minimum atomic E-state index is -1.27. The molecule has 9 rings (SSSR count). The molecule has 0 aliphatic heterocycles. The average Bonchev–Trinajstić information content (AvgIpc) is 4.19. The number of carbonyl (C=O) groups excluding carboxylic acids is 6. The first-order valence-electron chi connectivity index (χ1n) is 25.3. The van der Waals surface area contributed by atoms with Crippen LogP contribution in [-0.4, -0.2) is 66.2 Å². The number of anilines is 3. The molecular formula is C60H53BrCl3F6N3O7. The molecule has 6 aromatic carbocycles. The van der Waals surface area contributed by atoms with E-state index in [-0.39, 0.29) is 89.2 Å². The fraction of sp³-hybridized carbons (Fsp3) is 0.300. The maximum Gasteiger partial charge on any atom is 0.309 e. The summed E-state index contributed by atoms with van der Waals surface area (Å²) in [5.41, 5.74) is 2.15. The smallest absolute Gasteiger partial charge is 0.309 e. The second-order valence-corrected chi connectivity index (χ2v) is 21.3. The van der Waals surface area contributed by atoms with Gasteiger partial charge in [0.15, 0.2) is 17.5 Å². The van der Waals surface area contributed by atoms with Crippen LogP contribution in [0.1, 0.15) is 45.4 Å². The van der Waals surface area contributed by atoms with Gasteiger partial charge < -0.3 is 20.7 Å². The van der Waals surface area contributed by atoms with Crippen LogP contribution in [0.2, 0.25) is 15.1 Å². The molecule has 3 unspecified atom stereocenters. The van der Waals surface area contributed by atoms with Gasteiger partial charge in [-0.3, -0.25) is 28.8 Å². The van der Waals surface area contributed by atoms with Gasteiger partial charge in [0.2, 0.25) is 17.7 Å². The Kier molecular flexibility index (Phi) is 21.2. The van der Waals surface area contributed by atoms with Crippen molar-refractivity contribution in [3.63, 3.8) is 0 Å². The number of halogens is 10. The SMILES string of the molecule is CC(=O)[C@@H]1C[C@H](F)CC1C(=O)Nc1cccc(-c2ccccc2Cl)c1F.COC(=O)[C@@H]1C[C@H](F)CC1C(=O)Nc1cccc(-c2ccccc2Cl)c1F.O=C(Nc1cccc(-c2ccccc2Cl)c1F)C1C[C@@H](F)C[C@H]1C(=O)CBr. The van der Waals surface area contributed by atoms with E-state index in [1.54, 1.807) is 109 Å². The van der Waals surface area contributed by atoms with Gasteiger partial charge in [0.25, 0.3) is 0 Å². The van der Waals surface area contributed by atoms with E-state index in [2.05, 4.69) is 36.6 Å². The molecule has 20 heteroatoms. The Balaban J connectivity index is 0.000000173. The molecule has 3 N–H and O–H groups in total. The number of rotatable bonds is 13. The third-order valence-electron chi connectivity index (χ3n) is 14.4. The zero-order chi connectivity index (χ0) is 57.9. The van der Waals surface area contributed by atoms with Crippen molar-refractivity contribution in [1.82, 2.24) is 0 Å². The third kappa shape index (κ3) is 14.5. The van der Waals surface area contributed by atoms with Crippen LogP contribution in [0.3, 0.4) is 0 Å². The number of Topliss-reactive ketones (excluding diaryl/α,β-unsaturated/α-hetero) is 2. The number of carbonyl (C=O) groups is 6. The number of methoxy groups -OCH3 is 1. The van der Waals surface area contributed by atoms with E-state index in [4.69, 9.17) is 34.8 Å². The van der Waals surface area contributed by atoms with Gasteiger partial charge in [0, 0.05) is 60.3 Å². The van der Waals surface area contributed by atoms with Crippen molar-refractivity contribution >= 4 is 103 Å². The lowest BCUT2D eigenvalue weighted by Gasteiger charge is -2.18. The van der Waals surface area contributed by atoms with Gasteiger partial charge in [0.05, 0.1) is 53.2 Å². The molecule has 0 heterocycles. The molecule has 0 saturated heterocycles. The van der Waals surface area contributed by atoms with E-state index in [1.165, 1.54) is 32.2 Å². The maximum absolute atomic E-state index is 15.0. The monoisotopic (exact) mass is 1230 g/mol. The molecule has 3 aliphatic carbocycles. The summed E-state index contributed by atoms with van der Waals surface area (Å²) < 4.78 is 90.7. The molecule has 3 saturated carbocycles. The van der Waals surface area contributed by atoms with Gasteiger partial charge in [-0.25, -0.2) is 26.3 Å². The lowest BCUT2D eigenvalue weighted by Crippen LogP contribution is -2.31. The fourth-order valence-corrected chi connectivity index (χ4v) is 11.5. The second-order valence-electron chi connectivity index (χ2n) is 19.5. The molecule has 0 spiro atoms. The Morgan fingerprint density at radius 3 is 1.06 bits per heavy atom. The Morgan fingerprint density at radius 1 is 0.450 bits per heavy atom. The summed E-state index contributed by atoms with van der Waals surface area (Å²) in [6.07, 6.45) is -3.87. The summed E-state index contributed by atoms with van der Waals surface area (Å²) >= 11 is 21.5. The van der Waals surface area contributed by atoms with Gasteiger partial charge in [-0.05, 0) is 81.8 Å². The van der Waals surface area contributed by atoms with E-state index >= 15 is 0 Å². The van der Waals surface area contributed by atoms with Crippen molar-refractivity contribution < 1.29 is 59.8 Å². The minimum Gasteiger partial charge on any atom is -0.469 e. The Labute approximate surface area is 481 Å². The number of ketones is 2. The van der Waals surface area contributed by atoms with Crippen LogP contribution in [0.25, 0.3) is 33.4 Å². The summed E-state index contributed by atoms with van der Waals surface area (Å²) in [5, 5.41) is 8.73. The molecule has 0 bridgehead atoms. The Hall–Kier alpha value is -6.53. The Morgan fingerprint density at radius 2 is 0.738 bits per heavy atom. The molecule has 9 atom stereocenters. The second kappa shape index (κ2) is 27.8. The molecule has 0 aromatic heterocycles. The highest BCUT2D eigenvalue weighted by molar-refractivity contribution is 9.09. The van der Waals surface area contributed by atoms with Gasteiger partial charge >= 0.3 is 5.97 Å². The zero-order valence-corrected chi connectivity index (χ0v) is 46.8. The predicted octanol–water partition coefficient (Wildman–Crippen LogP) is 15.1. The number of amides is 3.